The van der Waals surface area contributed by atoms with E-state index in [0.29, 0.717) is 22.7 Å². The first kappa shape index (κ1) is 14.8. The van der Waals surface area contributed by atoms with Crippen LogP contribution in [-0.4, -0.2) is 0 Å². The van der Waals surface area contributed by atoms with Crippen molar-refractivity contribution in [2.75, 3.05) is 0 Å². The molecule has 0 unspecified atom stereocenters. The fourth-order valence-electron chi connectivity index (χ4n) is 4.19. The van der Waals surface area contributed by atoms with E-state index in [4.69, 9.17) is 19.4 Å². The second-order valence-corrected chi connectivity index (χ2v) is 6.82. The van der Waals surface area contributed by atoms with Crippen LogP contribution in [0.25, 0.3) is 54.3 Å². The molecule has 2 aromatic heterocycles. The summed E-state index contributed by atoms with van der Waals surface area (Å²) in [4.78, 5) is 0. The third kappa shape index (κ3) is 1.81. The van der Waals surface area contributed by atoms with Crippen molar-refractivity contribution in [3.05, 3.63) is 72.2 Å². The quantitative estimate of drug-likeness (QED) is 0.295. The fraction of sp³-hybridized carbons (Fsp3) is 0. The van der Waals surface area contributed by atoms with Gasteiger partial charge in [0, 0.05) is 22.9 Å². The van der Waals surface area contributed by atoms with Gasteiger partial charge in [-0.3, -0.25) is 0 Å². The molecule has 6 aromatic rings. The summed E-state index contributed by atoms with van der Waals surface area (Å²) < 4.78 is 11.1. The summed E-state index contributed by atoms with van der Waals surface area (Å²) in [6.45, 7) is 0. The number of nitrogens with zero attached hydrogens (tertiary/aromatic N) is 2. The molecule has 0 spiro atoms. The first-order chi connectivity index (χ1) is 13.8. The summed E-state index contributed by atoms with van der Waals surface area (Å²) in [5.74, 6) is 0.633. The minimum absolute atomic E-state index is 0.316. The molecule has 2 heterocycles. The van der Waals surface area contributed by atoms with E-state index in [2.05, 4.69) is 36.4 Å². The van der Waals surface area contributed by atoms with Crippen LogP contribution >= 0.6 is 0 Å². The van der Waals surface area contributed by atoms with E-state index in [1.165, 1.54) is 0 Å². The Labute approximate surface area is 158 Å². The monoisotopic (exact) mass is 358 g/mol. The lowest BCUT2D eigenvalue weighted by Gasteiger charge is -2.08. The maximum Gasteiger partial charge on any atom is 0.204 e. The molecule has 4 aromatic carbocycles. The zero-order chi connectivity index (χ0) is 18.8. The van der Waals surface area contributed by atoms with E-state index in [1.807, 2.05) is 24.3 Å². The van der Waals surface area contributed by atoms with E-state index in [9.17, 15) is 0 Å². The van der Waals surface area contributed by atoms with Gasteiger partial charge in [-0.15, -0.1) is 0 Å². The van der Waals surface area contributed by atoms with Crippen molar-refractivity contribution in [1.82, 2.24) is 0 Å². The van der Waals surface area contributed by atoms with Crippen LogP contribution in [-0.2, 0) is 0 Å². The molecule has 0 amide bonds. The molecular weight excluding hydrogens is 348 g/mol. The Balaban J connectivity index is 1.76. The second kappa shape index (κ2) is 5.13. The van der Waals surface area contributed by atoms with Gasteiger partial charge in [0.1, 0.15) is 23.3 Å². The average Bonchev–Trinajstić information content (AvgIpc) is 3.36. The Kier molecular flexibility index (Phi) is 2.72. The summed E-state index contributed by atoms with van der Waals surface area (Å²) >= 11 is 0. The van der Waals surface area contributed by atoms with Gasteiger partial charge in [0.2, 0.25) is 11.5 Å². The molecule has 0 aliphatic carbocycles. The average molecular weight is 358 g/mol. The van der Waals surface area contributed by atoms with Crippen molar-refractivity contribution in [2.45, 2.75) is 0 Å². The molecule has 0 bridgehead atoms. The molecule has 4 heteroatoms. The number of hydrogen-bond acceptors (Lipinski definition) is 4. The van der Waals surface area contributed by atoms with E-state index >= 15 is 0 Å². The smallest absolute Gasteiger partial charge is 0.204 e. The Morgan fingerprint density at radius 3 is 1.14 bits per heavy atom. The summed E-state index contributed by atoms with van der Waals surface area (Å²) in [5, 5.41) is 26.8. The molecule has 0 aliphatic rings. The predicted molar refractivity (Wildman–Crippen MR) is 108 cm³/mol. The molecule has 4 nitrogen and oxygen atoms in total. The van der Waals surface area contributed by atoms with Crippen LogP contribution < -0.4 is 0 Å². The molecule has 0 aliphatic heterocycles. The molecule has 0 saturated carbocycles. The fourth-order valence-corrected chi connectivity index (χ4v) is 4.19. The Morgan fingerprint density at radius 2 is 0.786 bits per heavy atom. The highest BCUT2D eigenvalue weighted by Gasteiger charge is 2.13. The normalized spacial score (nSPS) is 11.5. The van der Waals surface area contributed by atoms with E-state index in [-0.39, 0.29) is 0 Å². The van der Waals surface area contributed by atoms with Crippen molar-refractivity contribution in [2.24, 2.45) is 0 Å². The summed E-state index contributed by atoms with van der Waals surface area (Å²) in [6.07, 6.45) is 0. The molecule has 0 N–H and O–H groups in total. The largest absolute Gasteiger partial charge is 0.446 e. The minimum Gasteiger partial charge on any atom is -0.446 e. The molecule has 28 heavy (non-hydrogen) atoms. The second-order valence-electron chi connectivity index (χ2n) is 6.82. The maximum atomic E-state index is 9.14. The third-order valence-corrected chi connectivity index (χ3v) is 5.41. The third-order valence-electron chi connectivity index (χ3n) is 5.41. The van der Waals surface area contributed by atoms with Crippen LogP contribution in [0, 0.1) is 22.7 Å². The predicted octanol–water partition coefficient (Wildman–Crippen LogP) is 6.38. The molecule has 0 saturated heterocycles. The molecule has 6 rings (SSSR count). The number of nitriles is 2. The van der Waals surface area contributed by atoms with Crippen LogP contribution in [0.3, 0.4) is 0 Å². The molecule has 0 fully saturated rings. The molecular formula is C24H10N2O2. The van der Waals surface area contributed by atoms with Gasteiger partial charge < -0.3 is 8.83 Å². The SMILES string of the molecule is N#Cc1cc2c(ccc3c2ccc2c4ccc5oc(C#N)cc5c4ccc32)o1. The minimum atomic E-state index is 0.316. The van der Waals surface area contributed by atoms with E-state index in [1.54, 1.807) is 12.1 Å². The lowest BCUT2D eigenvalue weighted by Crippen LogP contribution is -1.82. The van der Waals surface area contributed by atoms with Crippen molar-refractivity contribution in [1.29, 1.82) is 10.5 Å². The number of rotatable bonds is 0. The lowest BCUT2D eigenvalue weighted by atomic mass is 9.95. The maximum absolute atomic E-state index is 9.14. The van der Waals surface area contributed by atoms with Crippen LogP contribution in [0.5, 0.6) is 0 Å². The number of fused-ring (bicyclic) bond motifs is 9. The number of furan rings is 2. The Morgan fingerprint density at radius 1 is 0.464 bits per heavy atom. The van der Waals surface area contributed by atoms with Crippen molar-refractivity contribution in [3.8, 4) is 12.1 Å². The van der Waals surface area contributed by atoms with Crippen molar-refractivity contribution in [3.63, 3.8) is 0 Å². The topological polar surface area (TPSA) is 73.9 Å². The van der Waals surface area contributed by atoms with Crippen LogP contribution in [0.4, 0.5) is 0 Å². The Hall–Kier alpha value is -4.28. The summed E-state index contributed by atoms with van der Waals surface area (Å²) in [6, 6.07) is 24.0. The molecule has 0 atom stereocenters. The highest BCUT2D eigenvalue weighted by atomic mass is 16.3. The van der Waals surface area contributed by atoms with Crippen LogP contribution in [0.15, 0.2) is 69.5 Å². The zero-order valence-corrected chi connectivity index (χ0v) is 14.5. The van der Waals surface area contributed by atoms with Gasteiger partial charge in [0.15, 0.2) is 0 Å². The summed E-state index contributed by atoms with van der Waals surface area (Å²) in [7, 11) is 0. The first-order valence-electron chi connectivity index (χ1n) is 8.81. The van der Waals surface area contributed by atoms with Gasteiger partial charge in [-0.05, 0) is 44.5 Å². The lowest BCUT2D eigenvalue weighted by molar-refractivity contribution is 0.599. The van der Waals surface area contributed by atoms with Gasteiger partial charge in [0.25, 0.3) is 0 Å². The van der Waals surface area contributed by atoms with Crippen LogP contribution in [0.2, 0.25) is 0 Å². The number of hydrogen-bond donors (Lipinski definition) is 0. The van der Waals surface area contributed by atoms with Gasteiger partial charge in [-0.2, -0.15) is 10.5 Å². The van der Waals surface area contributed by atoms with Crippen LogP contribution in [0.1, 0.15) is 11.5 Å². The van der Waals surface area contributed by atoms with E-state index < -0.39 is 0 Å². The Bertz CT molecular complexity index is 1560. The number of benzene rings is 4. The highest BCUT2D eigenvalue weighted by Crippen LogP contribution is 2.38. The highest BCUT2D eigenvalue weighted by molar-refractivity contribution is 6.24. The van der Waals surface area contributed by atoms with Gasteiger partial charge in [-0.25, -0.2) is 0 Å². The van der Waals surface area contributed by atoms with Gasteiger partial charge in [0.05, 0.1) is 0 Å². The van der Waals surface area contributed by atoms with E-state index in [0.717, 1.165) is 43.1 Å². The van der Waals surface area contributed by atoms with Crippen molar-refractivity contribution >= 4 is 54.3 Å². The standard InChI is InChI=1S/C24H10N2O2/c25-11-13-9-21-19-3-1-15-16(18(19)6-8-23(21)27-13)2-4-20-17(15)5-7-24-22(20)10-14(12-26)28-24/h1-10H. The summed E-state index contributed by atoms with van der Waals surface area (Å²) in [5.41, 5.74) is 1.43. The van der Waals surface area contributed by atoms with Crippen molar-refractivity contribution < 1.29 is 8.83 Å². The van der Waals surface area contributed by atoms with Gasteiger partial charge in [-0.1, -0.05) is 36.4 Å². The zero-order valence-electron chi connectivity index (χ0n) is 14.5. The molecule has 0 radical (unpaired) electrons. The first-order valence-corrected chi connectivity index (χ1v) is 8.81. The van der Waals surface area contributed by atoms with Gasteiger partial charge >= 0.3 is 0 Å². The molecule has 128 valence electrons.